The lowest BCUT2D eigenvalue weighted by atomic mass is 9.99. The van der Waals surface area contributed by atoms with Gasteiger partial charge in [-0.3, -0.25) is 0 Å². The van der Waals surface area contributed by atoms with Gasteiger partial charge in [0.2, 0.25) is 0 Å². The molecular weight excluding hydrogens is 296 g/mol. The van der Waals surface area contributed by atoms with E-state index >= 15 is 0 Å². The van der Waals surface area contributed by atoms with E-state index in [1.165, 1.54) is 0 Å². The Labute approximate surface area is 117 Å². The van der Waals surface area contributed by atoms with Gasteiger partial charge >= 0.3 is 0 Å². The van der Waals surface area contributed by atoms with Crippen molar-refractivity contribution in [3.05, 3.63) is 28.2 Å². The summed E-state index contributed by atoms with van der Waals surface area (Å²) in [6, 6.07) is 5.88. The topological polar surface area (TPSA) is 38.7 Å². The number of halogens is 1. The molecule has 0 aliphatic rings. The average Bonchev–Trinajstić information content (AvgIpc) is 2.29. The van der Waals surface area contributed by atoms with Crippen molar-refractivity contribution in [2.45, 2.75) is 25.9 Å². The van der Waals surface area contributed by atoms with Crippen molar-refractivity contribution in [3.8, 4) is 5.75 Å². The Balaban J connectivity index is 2.54. The molecule has 1 N–H and O–H groups in total. The average molecular weight is 317 g/mol. The lowest BCUT2D eigenvalue weighted by Crippen LogP contribution is -2.17. The molecule has 2 unspecified atom stereocenters. The minimum atomic E-state index is -0.338. The van der Waals surface area contributed by atoms with E-state index < -0.39 is 0 Å². The molecule has 0 radical (unpaired) electrons. The molecule has 0 saturated heterocycles. The first-order chi connectivity index (χ1) is 8.56. The van der Waals surface area contributed by atoms with E-state index in [4.69, 9.17) is 9.47 Å². The van der Waals surface area contributed by atoms with Crippen LogP contribution in [0, 0.1) is 5.92 Å². The van der Waals surface area contributed by atoms with Gasteiger partial charge in [-0.2, -0.15) is 0 Å². The molecule has 1 rings (SSSR count). The second-order valence-corrected chi connectivity index (χ2v) is 5.48. The molecule has 0 spiro atoms. The van der Waals surface area contributed by atoms with Gasteiger partial charge in [-0.1, -0.05) is 13.0 Å². The zero-order chi connectivity index (χ0) is 13.5. The third-order valence-corrected chi connectivity index (χ3v) is 3.43. The zero-order valence-corrected chi connectivity index (χ0v) is 12.7. The first-order valence-electron chi connectivity index (χ1n) is 6.06. The summed E-state index contributed by atoms with van der Waals surface area (Å²) in [6.07, 6.45) is 1.06. The maximum absolute atomic E-state index is 10.0. The van der Waals surface area contributed by atoms with Crippen LogP contribution in [0.2, 0.25) is 0 Å². The summed E-state index contributed by atoms with van der Waals surface area (Å²) in [5.41, 5.74) is 1.10. The second-order valence-electron chi connectivity index (χ2n) is 4.62. The normalized spacial score (nSPS) is 14.3. The number of methoxy groups -OCH3 is 2. The molecule has 3 nitrogen and oxygen atoms in total. The van der Waals surface area contributed by atoms with E-state index in [1.54, 1.807) is 14.2 Å². The van der Waals surface area contributed by atoms with Gasteiger partial charge in [-0.05, 0) is 52.4 Å². The Kier molecular flexibility index (Phi) is 6.68. The number of hydrogen-bond donors (Lipinski definition) is 1. The van der Waals surface area contributed by atoms with Gasteiger partial charge in [0.15, 0.2) is 0 Å². The first kappa shape index (κ1) is 15.5. The van der Waals surface area contributed by atoms with Crippen molar-refractivity contribution in [1.82, 2.24) is 0 Å². The van der Waals surface area contributed by atoms with Crippen LogP contribution in [0.15, 0.2) is 22.7 Å². The zero-order valence-electron chi connectivity index (χ0n) is 11.1. The van der Waals surface area contributed by atoms with Gasteiger partial charge < -0.3 is 14.6 Å². The summed E-state index contributed by atoms with van der Waals surface area (Å²) in [5, 5.41) is 10.0. The molecule has 1 aromatic rings. The van der Waals surface area contributed by atoms with Crippen LogP contribution < -0.4 is 4.74 Å². The summed E-state index contributed by atoms with van der Waals surface area (Å²) < 4.78 is 11.2. The van der Waals surface area contributed by atoms with Crippen LogP contribution in [0.1, 0.15) is 18.9 Å². The number of rotatable bonds is 7. The highest BCUT2D eigenvalue weighted by molar-refractivity contribution is 9.10. The van der Waals surface area contributed by atoms with Gasteiger partial charge in [0.05, 0.1) is 17.7 Å². The molecule has 0 heterocycles. The monoisotopic (exact) mass is 316 g/mol. The largest absolute Gasteiger partial charge is 0.496 e. The van der Waals surface area contributed by atoms with E-state index in [0.717, 1.165) is 22.2 Å². The van der Waals surface area contributed by atoms with Gasteiger partial charge in [-0.15, -0.1) is 0 Å². The van der Waals surface area contributed by atoms with E-state index in [0.29, 0.717) is 18.9 Å². The van der Waals surface area contributed by atoms with Crippen LogP contribution in [0.5, 0.6) is 5.75 Å². The highest BCUT2D eigenvalue weighted by atomic mass is 79.9. The standard InChI is InChI=1S/C14H21BrO3/c1-10(9-17-2)6-12(16)7-11-4-5-14(18-3)13(15)8-11/h4-5,8,10,12,16H,6-7,9H2,1-3H3. The minimum Gasteiger partial charge on any atom is -0.496 e. The van der Waals surface area contributed by atoms with Crippen molar-refractivity contribution in [2.75, 3.05) is 20.8 Å². The smallest absolute Gasteiger partial charge is 0.133 e. The molecule has 4 heteroatoms. The fraction of sp³-hybridized carbons (Fsp3) is 0.571. The molecule has 2 atom stereocenters. The maximum Gasteiger partial charge on any atom is 0.133 e. The Morgan fingerprint density at radius 1 is 1.33 bits per heavy atom. The van der Waals surface area contributed by atoms with Crippen LogP contribution in [0.3, 0.4) is 0 Å². The van der Waals surface area contributed by atoms with Crippen LogP contribution >= 0.6 is 15.9 Å². The molecule has 0 aromatic heterocycles. The van der Waals surface area contributed by atoms with Gasteiger partial charge in [0.25, 0.3) is 0 Å². The summed E-state index contributed by atoms with van der Waals surface area (Å²) >= 11 is 3.45. The predicted octanol–water partition coefficient (Wildman–Crippen LogP) is 3.03. The van der Waals surface area contributed by atoms with Gasteiger partial charge in [-0.25, -0.2) is 0 Å². The number of hydrogen-bond acceptors (Lipinski definition) is 3. The summed E-state index contributed by atoms with van der Waals surface area (Å²) in [4.78, 5) is 0. The van der Waals surface area contributed by atoms with E-state index in [1.807, 2.05) is 18.2 Å². The van der Waals surface area contributed by atoms with Gasteiger partial charge in [0, 0.05) is 13.7 Å². The summed E-state index contributed by atoms with van der Waals surface area (Å²) in [7, 11) is 3.32. The van der Waals surface area contributed by atoms with Crippen molar-refractivity contribution >= 4 is 15.9 Å². The summed E-state index contributed by atoms with van der Waals surface area (Å²) in [6.45, 7) is 2.76. The Bertz CT molecular complexity index is 368. The van der Waals surface area contributed by atoms with Crippen LogP contribution in [0.25, 0.3) is 0 Å². The van der Waals surface area contributed by atoms with Crippen molar-refractivity contribution in [3.63, 3.8) is 0 Å². The fourth-order valence-corrected chi connectivity index (χ4v) is 2.60. The summed E-state index contributed by atoms with van der Waals surface area (Å²) in [5.74, 6) is 1.17. The second kappa shape index (κ2) is 7.77. The van der Waals surface area contributed by atoms with Crippen LogP contribution in [-0.4, -0.2) is 32.0 Å². The predicted molar refractivity (Wildman–Crippen MR) is 76.1 cm³/mol. The van der Waals surface area contributed by atoms with Crippen molar-refractivity contribution in [1.29, 1.82) is 0 Å². The maximum atomic E-state index is 10.0. The molecule has 0 aliphatic carbocycles. The molecule has 102 valence electrons. The first-order valence-corrected chi connectivity index (χ1v) is 6.85. The molecule has 0 fully saturated rings. The lowest BCUT2D eigenvalue weighted by Gasteiger charge is -2.16. The SMILES string of the molecule is COCC(C)CC(O)Cc1ccc(OC)c(Br)c1. The van der Waals surface area contributed by atoms with Crippen LogP contribution in [-0.2, 0) is 11.2 Å². The number of aliphatic hydroxyl groups is 1. The molecule has 0 bridgehead atoms. The van der Waals surface area contributed by atoms with E-state index in [-0.39, 0.29) is 6.10 Å². The minimum absolute atomic E-state index is 0.338. The highest BCUT2D eigenvalue weighted by Crippen LogP contribution is 2.26. The van der Waals surface area contributed by atoms with E-state index in [9.17, 15) is 5.11 Å². The third-order valence-electron chi connectivity index (χ3n) is 2.81. The number of benzene rings is 1. The Hall–Kier alpha value is -0.580. The Morgan fingerprint density at radius 2 is 2.06 bits per heavy atom. The number of aliphatic hydroxyl groups excluding tert-OH is 1. The lowest BCUT2D eigenvalue weighted by molar-refractivity contribution is 0.102. The third kappa shape index (κ3) is 4.96. The molecule has 0 aliphatic heterocycles. The molecular formula is C14H21BrO3. The fourth-order valence-electron chi connectivity index (χ4n) is 2.01. The molecule has 1 aromatic carbocycles. The van der Waals surface area contributed by atoms with E-state index in [2.05, 4.69) is 22.9 Å². The van der Waals surface area contributed by atoms with Gasteiger partial charge in [0.1, 0.15) is 5.75 Å². The van der Waals surface area contributed by atoms with Crippen molar-refractivity contribution in [2.24, 2.45) is 5.92 Å². The quantitative estimate of drug-likeness (QED) is 0.840. The molecule has 0 saturated carbocycles. The van der Waals surface area contributed by atoms with Crippen LogP contribution in [0.4, 0.5) is 0 Å². The highest BCUT2D eigenvalue weighted by Gasteiger charge is 2.12. The van der Waals surface area contributed by atoms with Crippen molar-refractivity contribution < 1.29 is 14.6 Å². The molecule has 0 amide bonds. The Morgan fingerprint density at radius 3 is 2.61 bits per heavy atom. The number of ether oxygens (including phenoxy) is 2. The molecule has 18 heavy (non-hydrogen) atoms.